The number of hydrogen-bond acceptors (Lipinski definition) is 14. The number of anilines is 2. The Morgan fingerprint density at radius 3 is 1.20 bits per heavy atom. The number of carbonyl (C=O) groups excluding carboxylic acids is 2. The Morgan fingerprint density at radius 2 is 0.816 bits per heavy atom. The van der Waals surface area contributed by atoms with Crippen LogP contribution in [0.1, 0.15) is 156 Å². The van der Waals surface area contributed by atoms with Gasteiger partial charge in [-0.05, 0) is 79.1 Å². The molecule has 4 rings (SSSR count). The maximum Gasteiger partial charge on any atom is 0.244 e. The molecule has 0 aliphatic heterocycles. The number of benzene rings is 2. The molecule has 2 saturated carbocycles. The molecular formula is C48H74F6N6O12S4. The molecule has 18 nitrogen and oxygen atoms in total. The minimum Gasteiger partial charge on any atom is -0.379 e. The average molecular weight is 1170 g/mol. The Morgan fingerprint density at radius 1 is 0.487 bits per heavy atom. The minimum absolute atomic E-state index is 0.0363. The predicted octanol–water partition coefficient (Wildman–Crippen LogP) is 7.28. The van der Waals surface area contributed by atoms with Gasteiger partial charge in [-0.2, -0.15) is 0 Å². The lowest BCUT2D eigenvalue weighted by molar-refractivity contribution is -0.121. The lowest BCUT2D eigenvalue weighted by Gasteiger charge is -2.30. The third-order valence-corrected chi connectivity index (χ3v) is 18.7. The van der Waals surface area contributed by atoms with E-state index < -0.39 is 165 Å². The number of sulfone groups is 2. The number of carbonyl (C=O) groups is 2. The highest BCUT2D eigenvalue weighted by Gasteiger charge is 2.39. The molecule has 8 N–H and O–H groups in total. The molecule has 2 aliphatic rings. The van der Waals surface area contributed by atoms with Crippen LogP contribution < -0.4 is 31.5 Å². The van der Waals surface area contributed by atoms with E-state index in [-0.39, 0.29) is 32.7 Å². The molecule has 0 atom stereocenters. The molecule has 0 bridgehead atoms. The van der Waals surface area contributed by atoms with Crippen molar-refractivity contribution in [3.8, 4) is 0 Å². The van der Waals surface area contributed by atoms with Gasteiger partial charge in [0.2, 0.25) is 31.9 Å². The molecule has 0 spiro atoms. The van der Waals surface area contributed by atoms with Gasteiger partial charge in [-0.1, -0.05) is 64.2 Å². The smallest absolute Gasteiger partial charge is 0.244 e. The summed E-state index contributed by atoms with van der Waals surface area (Å²) in [6.07, 6.45) is 9.70. The summed E-state index contributed by atoms with van der Waals surface area (Å²) in [7, 11) is -20.2. The zero-order valence-corrected chi connectivity index (χ0v) is 46.8. The molecular weight excluding hydrogens is 1090 g/mol. The van der Waals surface area contributed by atoms with Crippen molar-refractivity contribution >= 4 is 62.9 Å². The second kappa shape index (κ2) is 27.9. The van der Waals surface area contributed by atoms with Crippen molar-refractivity contribution in [2.45, 2.75) is 199 Å². The van der Waals surface area contributed by atoms with Gasteiger partial charge in [-0.3, -0.25) is 9.59 Å². The van der Waals surface area contributed by atoms with Crippen LogP contribution in [0.25, 0.3) is 0 Å². The number of amides is 2. The highest BCUT2D eigenvalue weighted by atomic mass is 32.2. The van der Waals surface area contributed by atoms with Crippen molar-refractivity contribution in [2.75, 3.05) is 48.4 Å². The van der Waals surface area contributed by atoms with Gasteiger partial charge in [0.15, 0.2) is 64.4 Å². The molecule has 0 unspecified atom stereocenters. The average Bonchev–Trinajstić information content (AvgIpc) is 3.27. The fraction of sp³-hybridized carbons (Fsp3) is 0.708. The summed E-state index contributed by atoms with van der Waals surface area (Å²) in [5.41, 5.74) is -3.53. The third kappa shape index (κ3) is 18.9. The van der Waals surface area contributed by atoms with E-state index in [4.69, 9.17) is 19.8 Å². The van der Waals surface area contributed by atoms with E-state index in [1.54, 1.807) is 13.8 Å². The molecule has 76 heavy (non-hydrogen) atoms. The van der Waals surface area contributed by atoms with Gasteiger partial charge in [-0.25, -0.2) is 70.3 Å². The zero-order chi connectivity index (χ0) is 56.9. The third-order valence-electron chi connectivity index (χ3n) is 13.4. The van der Waals surface area contributed by atoms with Crippen molar-refractivity contribution in [1.29, 1.82) is 0 Å². The molecule has 2 fully saturated rings. The number of rotatable bonds is 27. The Balaban J connectivity index is 1.20. The van der Waals surface area contributed by atoms with Gasteiger partial charge in [0.25, 0.3) is 0 Å². The van der Waals surface area contributed by atoms with Crippen molar-refractivity contribution in [3.63, 3.8) is 0 Å². The van der Waals surface area contributed by atoms with Crippen LogP contribution in [0.15, 0.2) is 19.6 Å². The Hall–Kier alpha value is -3.80. The molecule has 2 aliphatic carbocycles. The number of ether oxygens (including phenoxy) is 2. The monoisotopic (exact) mass is 1170 g/mol. The number of sulfonamides is 2. The molecule has 434 valence electrons. The van der Waals surface area contributed by atoms with E-state index in [2.05, 4.69) is 21.3 Å². The summed E-state index contributed by atoms with van der Waals surface area (Å²) in [5, 5.41) is 20.3. The van der Waals surface area contributed by atoms with Crippen LogP contribution in [0.5, 0.6) is 0 Å². The standard InChI is InChI=1S/C48H74F6N6O12S4/c1-47(2,23-15-25-57-33(61)21-29-73(63,64)45-37(51)35(49)43(75(55,67)68)39(53)41(45)59-31-17-11-7-5-8-12-18-31)72-28-24-48(3,4)71-27-16-26-58-34(62)22-30-74(65,66)46-38(52)36(50)44(76(56,69)70)40(54)42(46)60-32-19-13-9-6-10-14-20-32/h31-32,59-60H,5-30H2,1-4H3,(H,57,61)(H,58,62)(H2,55,67,68)(H2,56,69,70). The first-order valence-corrected chi connectivity index (χ1v) is 32.0. The SMILES string of the molecule is CC(C)(CCCNC(=O)CCS(=O)(=O)c1c(F)c(F)c(S(N)(=O)=O)c(F)c1NC1CCCCCCC1)OCCC(C)(C)OCCCNC(=O)CCS(=O)(=O)c1c(F)c(F)c(S(N)(=O)=O)c(F)c1NC1CCCCCCC1. The number of primary sulfonamides is 2. The van der Waals surface area contributed by atoms with E-state index in [1.807, 2.05) is 13.8 Å². The highest BCUT2D eigenvalue weighted by Crippen LogP contribution is 2.39. The molecule has 2 aromatic carbocycles. The zero-order valence-electron chi connectivity index (χ0n) is 43.5. The predicted molar refractivity (Wildman–Crippen MR) is 273 cm³/mol. The fourth-order valence-corrected chi connectivity index (χ4v) is 13.5. The van der Waals surface area contributed by atoms with Gasteiger partial charge in [-0.15, -0.1) is 0 Å². The Bertz CT molecular complexity index is 2810. The summed E-state index contributed by atoms with van der Waals surface area (Å²) in [6, 6.07) is -1.17. The largest absolute Gasteiger partial charge is 0.379 e. The van der Waals surface area contributed by atoms with Crippen LogP contribution in [-0.2, 0) is 58.8 Å². The lowest BCUT2D eigenvalue weighted by Crippen LogP contribution is -2.33. The molecule has 0 saturated heterocycles. The molecule has 2 aromatic rings. The first-order valence-electron chi connectivity index (χ1n) is 25.6. The maximum absolute atomic E-state index is 15.7. The van der Waals surface area contributed by atoms with Gasteiger partial charge in [0, 0.05) is 44.6 Å². The number of nitrogens with two attached hydrogens (primary N) is 2. The Kier molecular flexibility index (Phi) is 23.7. The van der Waals surface area contributed by atoms with Crippen molar-refractivity contribution in [3.05, 3.63) is 34.9 Å². The number of halogens is 6. The maximum atomic E-state index is 15.7. The van der Waals surface area contributed by atoms with Gasteiger partial charge in [0.1, 0.15) is 9.79 Å². The topological polar surface area (TPSA) is 289 Å². The van der Waals surface area contributed by atoms with Crippen molar-refractivity contribution in [1.82, 2.24) is 10.6 Å². The fourth-order valence-electron chi connectivity index (χ4n) is 9.13. The van der Waals surface area contributed by atoms with Crippen molar-refractivity contribution < 1.29 is 79.1 Å². The first kappa shape index (κ1) is 64.7. The molecule has 28 heteroatoms. The van der Waals surface area contributed by atoms with Crippen LogP contribution in [0, 0.1) is 34.9 Å². The van der Waals surface area contributed by atoms with E-state index in [9.17, 15) is 43.3 Å². The molecule has 0 heterocycles. The normalized spacial score (nSPS) is 16.3. The second-order valence-electron chi connectivity index (χ2n) is 20.7. The summed E-state index contributed by atoms with van der Waals surface area (Å²) < 4.78 is 207. The van der Waals surface area contributed by atoms with Crippen LogP contribution in [0.4, 0.5) is 37.7 Å². The van der Waals surface area contributed by atoms with Gasteiger partial charge >= 0.3 is 0 Å². The van der Waals surface area contributed by atoms with Gasteiger partial charge < -0.3 is 30.7 Å². The summed E-state index contributed by atoms with van der Waals surface area (Å²) in [6.45, 7) is 7.74. The number of hydrogen-bond donors (Lipinski definition) is 6. The molecule has 2 amide bonds. The summed E-state index contributed by atoms with van der Waals surface area (Å²) in [4.78, 5) is 19.0. The lowest BCUT2D eigenvalue weighted by atomic mass is 9.96. The van der Waals surface area contributed by atoms with Crippen LogP contribution in [-0.4, -0.2) is 107 Å². The first-order chi connectivity index (χ1) is 35.3. The quantitative estimate of drug-likeness (QED) is 0.0291. The van der Waals surface area contributed by atoms with Crippen LogP contribution in [0.3, 0.4) is 0 Å². The summed E-state index contributed by atoms with van der Waals surface area (Å²) >= 11 is 0. The van der Waals surface area contributed by atoms with E-state index in [0.717, 1.165) is 38.5 Å². The minimum atomic E-state index is -5.17. The summed E-state index contributed by atoms with van der Waals surface area (Å²) in [5.74, 6) is -16.2. The van der Waals surface area contributed by atoms with Crippen LogP contribution in [0.2, 0.25) is 0 Å². The molecule has 0 radical (unpaired) electrons. The van der Waals surface area contributed by atoms with Crippen LogP contribution >= 0.6 is 0 Å². The highest BCUT2D eigenvalue weighted by molar-refractivity contribution is 7.92. The van der Waals surface area contributed by atoms with Crippen molar-refractivity contribution in [2.24, 2.45) is 10.3 Å². The van der Waals surface area contributed by atoms with E-state index in [1.165, 1.54) is 0 Å². The Labute approximate surface area is 443 Å². The second-order valence-corrected chi connectivity index (χ2v) is 27.8. The van der Waals surface area contributed by atoms with E-state index in [0.29, 0.717) is 70.6 Å². The van der Waals surface area contributed by atoms with Gasteiger partial charge in [0.05, 0.1) is 40.7 Å². The number of nitrogens with one attached hydrogen (secondary N) is 4. The molecule has 0 aromatic heterocycles. The van der Waals surface area contributed by atoms with E-state index >= 15 is 26.3 Å².